The normalized spacial score (nSPS) is 14.5. The second-order valence-corrected chi connectivity index (χ2v) is 57.8. The van der Waals surface area contributed by atoms with Crippen molar-refractivity contribution in [3.8, 4) is 44.5 Å². The zero-order valence-electron chi connectivity index (χ0n) is 52.6. The van der Waals surface area contributed by atoms with Gasteiger partial charge in [-0.3, -0.25) is 0 Å². The summed E-state index contributed by atoms with van der Waals surface area (Å²) in [5.74, 6) is 0. The van der Waals surface area contributed by atoms with Crippen molar-refractivity contribution in [3.63, 3.8) is 0 Å². The minimum atomic E-state index is -4.99. The molecule has 0 aliphatic heterocycles. The number of halogens is 2. The molecule has 450 valence electrons. The summed E-state index contributed by atoms with van der Waals surface area (Å²) < 4.78 is 6.00. The van der Waals surface area contributed by atoms with Crippen LogP contribution in [-0.4, -0.2) is 6.88 Å². The molecule has 0 saturated carbocycles. The fourth-order valence-corrected chi connectivity index (χ4v) is 36.9. The predicted molar refractivity (Wildman–Crippen MR) is 397 cm³/mol. The van der Waals surface area contributed by atoms with Gasteiger partial charge >= 0.3 is 544 Å². The number of allylic oxidation sites excluding steroid dienone is 2. The van der Waals surface area contributed by atoms with Crippen molar-refractivity contribution in [2.75, 3.05) is 0 Å². The molecule has 0 aromatic heterocycles. The van der Waals surface area contributed by atoms with E-state index < -0.39 is 17.4 Å². The van der Waals surface area contributed by atoms with Crippen molar-refractivity contribution in [3.05, 3.63) is 348 Å². The van der Waals surface area contributed by atoms with Crippen LogP contribution in [0, 0.1) is 0 Å². The van der Waals surface area contributed by atoms with Crippen molar-refractivity contribution < 1.29 is 42.2 Å². The molecule has 0 spiro atoms. The maximum atomic E-state index is 2.91. The molecule has 18 rings (SSSR count). The number of benzene rings is 16. The summed E-state index contributed by atoms with van der Waals surface area (Å²) >= 11 is -4.99. The van der Waals surface area contributed by atoms with Crippen LogP contribution in [0.25, 0.3) is 143 Å². The Morgan fingerprint density at radius 3 is 0.734 bits per heavy atom. The van der Waals surface area contributed by atoms with Crippen molar-refractivity contribution in [1.82, 2.24) is 0 Å². The Kier molecular flexibility index (Phi) is 14.8. The van der Waals surface area contributed by atoms with Gasteiger partial charge < -0.3 is 24.8 Å². The Balaban J connectivity index is 0.00000349. The van der Waals surface area contributed by atoms with Gasteiger partial charge in [0.1, 0.15) is 0 Å². The van der Waals surface area contributed by atoms with E-state index >= 15 is 0 Å². The van der Waals surface area contributed by atoms with Gasteiger partial charge in [0.05, 0.1) is 0 Å². The monoisotopic (exact) mass is 1330 g/mol. The van der Waals surface area contributed by atoms with E-state index in [4.69, 9.17) is 0 Å². The van der Waals surface area contributed by atoms with Gasteiger partial charge in [0.15, 0.2) is 0 Å². The average molecular weight is 1340 g/mol. The average Bonchev–Trinajstić information content (AvgIpc) is 1.48. The molecule has 2 aliphatic rings. The molecule has 16 aromatic rings. The Bertz CT molecular complexity index is 5360. The van der Waals surface area contributed by atoms with Gasteiger partial charge in [-0.25, -0.2) is 0 Å². The van der Waals surface area contributed by atoms with Crippen molar-refractivity contribution in [2.24, 2.45) is 0 Å². The largest absolute Gasteiger partial charge is 1.00 e. The first-order chi connectivity index (χ1) is 45.2. The SMILES string of the molecule is [CH3][Zr]([CH3])(=[SiH2])([CH]1C(Cc2ccccc2)=Cc2c(-c3c4ccccc4cc4ccccc34)ccc(-c3c4ccccc4cc4ccccc34)c21)[CH]1C(Cc2ccccc2)=Cc2c(-c3c4ccccc4cc4ccccc34)ccc(-c3c4ccccc4cc4ccccc34)c21.[Cl-].[Cl-]. The van der Waals surface area contributed by atoms with Crippen LogP contribution >= 0.6 is 0 Å². The standard InChI is InChI=1S/2C44H29.2CH3.2ClH.H2Si.Zr/c2*1-2-12-29(13-3-1)24-30-25-41-39(43-35-18-8-4-14-31(35)27-32-15-5-9-19-36(32)43)22-23-40(42(41)26-30)44-37-20-10-6-16-33(37)28-34-17-7-11-21-38(34)44;;;;;;/h2*1-23,25-28H,24H2;2*1H3;2*1H;1H2;/p-2. The molecule has 0 fully saturated rings. The summed E-state index contributed by atoms with van der Waals surface area (Å²) in [6.07, 6.45) is 7.18. The van der Waals surface area contributed by atoms with Crippen LogP contribution in [0.5, 0.6) is 0 Å². The van der Waals surface area contributed by atoms with Gasteiger partial charge in [0.2, 0.25) is 0 Å². The summed E-state index contributed by atoms with van der Waals surface area (Å²) in [5.41, 5.74) is 22.1. The molecule has 2 atom stereocenters. The first kappa shape index (κ1) is 59.8. The molecule has 0 radical (unpaired) electrons. The second kappa shape index (κ2) is 23.3. The van der Waals surface area contributed by atoms with E-state index in [2.05, 4.69) is 332 Å². The molecule has 0 N–H and O–H groups in total. The van der Waals surface area contributed by atoms with Gasteiger partial charge in [-0.2, -0.15) is 0 Å². The third-order valence-corrected chi connectivity index (χ3v) is 38.5. The molecule has 0 nitrogen and oxygen atoms in total. The van der Waals surface area contributed by atoms with E-state index in [0.29, 0.717) is 0 Å². The van der Waals surface area contributed by atoms with Crippen LogP contribution in [0.3, 0.4) is 0 Å². The van der Waals surface area contributed by atoms with Crippen LogP contribution in [0.2, 0.25) is 9.26 Å². The number of rotatable bonds is 10. The molecule has 0 heterocycles. The predicted octanol–water partition coefficient (Wildman–Crippen LogP) is 18.0. The molecule has 0 saturated heterocycles. The van der Waals surface area contributed by atoms with E-state index in [1.807, 2.05) is 0 Å². The fourth-order valence-electron chi connectivity index (χ4n) is 17.5. The van der Waals surface area contributed by atoms with Crippen LogP contribution in [0.15, 0.2) is 314 Å². The summed E-state index contributed by atoms with van der Waals surface area (Å²) in [7, 11) is 0. The topological polar surface area (TPSA) is 0 Å². The third-order valence-electron chi connectivity index (χ3n) is 21.1. The van der Waals surface area contributed by atoms with Crippen LogP contribution < -0.4 is 24.8 Å². The zero-order chi connectivity index (χ0) is 61.3. The molecule has 94 heavy (non-hydrogen) atoms. The van der Waals surface area contributed by atoms with Crippen LogP contribution in [0.1, 0.15) is 40.6 Å². The summed E-state index contributed by atoms with van der Waals surface area (Å²) in [6, 6.07) is 116. The molecule has 4 heteroatoms. The molecule has 2 unspecified atom stereocenters. The van der Waals surface area contributed by atoms with E-state index in [1.165, 1.54) is 175 Å². The molecular formula is C90H66Cl2SiZr-2. The Morgan fingerprint density at radius 1 is 0.266 bits per heavy atom. The van der Waals surface area contributed by atoms with Gasteiger partial charge in [0, 0.05) is 0 Å². The van der Waals surface area contributed by atoms with Crippen molar-refractivity contribution >= 4 is 105 Å². The molecule has 16 aromatic carbocycles. The summed E-state index contributed by atoms with van der Waals surface area (Å²) in [4.78, 5) is 0. The van der Waals surface area contributed by atoms with Crippen molar-refractivity contribution in [1.29, 1.82) is 0 Å². The van der Waals surface area contributed by atoms with Crippen LogP contribution in [0.4, 0.5) is 0 Å². The number of hydrogen-bond donors (Lipinski definition) is 0. The number of fused-ring (bicyclic) bond motifs is 10. The van der Waals surface area contributed by atoms with E-state index in [9.17, 15) is 0 Å². The second-order valence-electron chi connectivity index (χ2n) is 27.3. The molecule has 0 amide bonds. The zero-order valence-corrected chi connectivity index (χ0v) is 57.9. The van der Waals surface area contributed by atoms with Gasteiger partial charge in [-0.1, -0.05) is 0 Å². The quantitative estimate of drug-likeness (QED) is 0.0946. The first-order valence-electron chi connectivity index (χ1n) is 32.7. The van der Waals surface area contributed by atoms with E-state index in [-0.39, 0.29) is 32.1 Å². The van der Waals surface area contributed by atoms with Gasteiger partial charge in [-0.15, -0.1) is 0 Å². The fraction of sp³-hybridized carbons (Fsp3) is 0.0667. The summed E-state index contributed by atoms with van der Waals surface area (Å²) in [5, 5.41) is 20.4. The number of hydrogen-bond acceptors (Lipinski definition) is 0. The maximum Gasteiger partial charge on any atom is -1.00 e. The van der Waals surface area contributed by atoms with Gasteiger partial charge in [-0.05, 0) is 0 Å². The Morgan fingerprint density at radius 2 is 0.479 bits per heavy atom. The summed E-state index contributed by atoms with van der Waals surface area (Å²) in [6.45, 7) is 2.52. The van der Waals surface area contributed by atoms with Gasteiger partial charge in [0.25, 0.3) is 0 Å². The molecule has 0 bridgehead atoms. The Hall–Kier alpha value is -9.24. The Labute approximate surface area is 564 Å². The van der Waals surface area contributed by atoms with Crippen LogP contribution in [-0.2, 0) is 30.2 Å². The third kappa shape index (κ3) is 9.54. The maximum absolute atomic E-state index is 4.99. The van der Waals surface area contributed by atoms with E-state index in [1.54, 1.807) is 0 Å². The first-order valence-corrected chi connectivity index (χ1v) is 46.4. The smallest absolute Gasteiger partial charge is 1.00 e. The van der Waals surface area contributed by atoms with Crippen molar-refractivity contribution in [2.45, 2.75) is 29.4 Å². The van der Waals surface area contributed by atoms with E-state index in [0.717, 1.165) is 12.8 Å². The minimum absolute atomic E-state index is 0. The molecule has 2 aliphatic carbocycles. The minimum Gasteiger partial charge on any atom is -1.00 e. The molecular weight excluding hydrogens is 1270 g/mol.